The Hall–Kier alpha value is -3.55. The van der Waals surface area contributed by atoms with Gasteiger partial charge in [-0.15, -0.1) is 0 Å². The molecule has 0 spiro atoms. The largest absolute Gasteiger partial charge is 0.493 e. The Morgan fingerprint density at radius 2 is 1.67 bits per heavy atom. The van der Waals surface area contributed by atoms with Crippen LogP contribution in [-0.4, -0.2) is 56.5 Å². The molecule has 1 saturated heterocycles. The van der Waals surface area contributed by atoms with Crippen LogP contribution in [0.15, 0.2) is 30.3 Å². The second-order valence-corrected chi connectivity index (χ2v) is 8.20. The molecule has 2 aromatic carbocycles. The molecular weight excluding hydrogens is 422 g/mol. The van der Waals surface area contributed by atoms with E-state index in [1.165, 1.54) is 14.2 Å². The second kappa shape index (κ2) is 9.52. The first-order valence-electron chi connectivity index (χ1n) is 11.3. The van der Waals surface area contributed by atoms with Crippen LogP contribution < -0.4 is 19.7 Å². The van der Waals surface area contributed by atoms with Gasteiger partial charge in [0, 0.05) is 43.4 Å². The zero-order chi connectivity index (χ0) is 23.5. The highest BCUT2D eigenvalue weighted by Gasteiger charge is 2.27. The van der Waals surface area contributed by atoms with Gasteiger partial charge in [0.1, 0.15) is 0 Å². The number of hydrogen-bond donors (Lipinski definition) is 1. The first-order valence-corrected chi connectivity index (χ1v) is 11.3. The lowest BCUT2D eigenvalue weighted by Crippen LogP contribution is -2.29. The highest BCUT2D eigenvalue weighted by Crippen LogP contribution is 2.35. The van der Waals surface area contributed by atoms with E-state index in [0.717, 1.165) is 24.1 Å². The standard InChI is InChI=1S/C25H29N3O5/c1-4-23(29)28-12-9-16-13-17(7-8-20(16)28)24(30)26-19-15-22(33-3)21(32-2)14-18(19)25(31)27-10-5-6-11-27/h7-8,13-15H,4-6,9-12H2,1-3H3,(H,26,30). The van der Waals surface area contributed by atoms with Gasteiger partial charge in [-0.05, 0) is 49.1 Å². The van der Waals surface area contributed by atoms with Gasteiger partial charge in [-0.25, -0.2) is 0 Å². The van der Waals surface area contributed by atoms with Crippen molar-refractivity contribution in [1.29, 1.82) is 0 Å². The van der Waals surface area contributed by atoms with Crippen LogP contribution in [0.3, 0.4) is 0 Å². The maximum Gasteiger partial charge on any atom is 0.256 e. The van der Waals surface area contributed by atoms with E-state index in [4.69, 9.17) is 9.47 Å². The van der Waals surface area contributed by atoms with E-state index in [2.05, 4.69) is 5.32 Å². The number of ether oxygens (including phenoxy) is 2. The Morgan fingerprint density at radius 3 is 2.33 bits per heavy atom. The van der Waals surface area contributed by atoms with E-state index in [0.29, 0.717) is 60.8 Å². The maximum atomic E-state index is 13.2. The Morgan fingerprint density at radius 1 is 0.970 bits per heavy atom. The number of benzene rings is 2. The van der Waals surface area contributed by atoms with Crippen molar-refractivity contribution in [1.82, 2.24) is 4.90 Å². The number of rotatable bonds is 6. The summed E-state index contributed by atoms with van der Waals surface area (Å²) in [5, 5.41) is 2.89. The third kappa shape index (κ3) is 4.37. The van der Waals surface area contributed by atoms with Gasteiger partial charge in [0.05, 0.1) is 25.5 Å². The normalized spacial score (nSPS) is 14.8. The molecule has 0 aromatic heterocycles. The zero-order valence-corrected chi connectivity index (χ0v) is 19.3. The van der Waals surface area contributed by atoms with Crippen molar-refractivity contribution >= 4 is 29.1 Å². The quantitative estimate of drug-likeness (QED) is 0.726. The van der Waals surface area contributed by atoms with Crippen LogP contribution in [0.4, 0.5) is 11.4 Å². The maximum absolute atomic E-state index is 13.2. The molecule has 2 aliphatic rings. The third-order valence-electron chi connectivity index (χ3n) is 6.24. The molecule has 2 heterocycles. The molecule has 33 heavy (non-hydrogen) atoms. The summed E-state index contributed by atoms with van der Waals surface area (Å²) in [7, 11) is 3.02. The zero-order valence-electron chi connectivity index (χ0n) is 19.3. The van der Waals surface area contributed by atoms with Crippen LogP contribution in [0.5, 0.6) is 11.5 Å². The molecule has 8 nitrogen and oxygen atoms in total. The predicted molar refractivity (Wildman–Crippen MR) is 125 cm³/mol. The summed E-state index contributed by atoms with van der Waals surface area (Å²) in [6.07, 6.45) is 3.08. The molecule has 0 bridgehead atoms. The number of nitrogens with zero attached hydrogens (tertiary/aromatic N) is 2. The molecule has 3 amide bonds. The van der Waals surface area contributed by atoms with Crippen molar-refractivity contribution in [2.24, 2.45) is 0 Å². The Balaban J connectivity index is 1.63. The number of likely N-dealkylation sites (tertiary alicyclic amines) is 1. The molecule has 1 fully saturated rings. The van der Waals surface area contributed by atoms with Crippen LogP contribution in [0.25, 0.3) is 0 Å². The summed E-state index contributed by atoms with van der Waals surface area (Å²) in [5.41, 5.74) is 3.02. The fourth-order valence-electron chi connectivity index (χ4n) is 4.44. The summed E-state index contributed by atoms with van der Waals surface area (Å²) in [6.45, 7) is 3.85. The molecule has 2 aliphatic heterocycles. The van der Waals surface area contributed by atoms with Gasteiger partial charge >= 0.3 is 0 Å². The average molecular weight is 452 g/mol. The van der Waals surface area contributed by atoms with Crippen molar-refractivity contribution in [3.63, 3.8) is 0 Å². The summed E-state index contributed by atoms with van der Waals surface area (Å²) in [6, 6.07) is 8.57. The molecule has 4 rings (SSSR count). The van der Waals surface area contributed by atoms with Crippen molar-refractivity contribution in [2.45, 2.75) is 32.6 Å². The topological polar surface area (TPSA) is 88.2 Å². The summed E-state index contributed by atoms with van der Waals surface area (Å²) in [4.78, 5) is 42.0. The van der Waals surface area contributed by atoms with Crippen molar-refractivity contribution in [2.75, 3.05) is 44.1 Å². The van der Waals surface area contributed by atoms with Crippen LogP contribution in [-0.2, 0) is 11.2 Å². The van der Waals surface area contributed by atoms with Gasteiger partial charge in [-0.3, -0.25) is 14.4 Å². The average Bonchev–Trinajstić information content (AvgIpc) is 3.52. The van der Waals surface area contributed by atoms with E-state index in [1.807, 2.05) is 19.1 Å². The van der Waals surface area contributed by atoms with E-state index in [9.17, 15) is 14.4 Å². The van der Waals surface area contributed by atoms with Crippen molar-refractivity contribution in [3.05, 3.63) is 47.0 Å². The molecule has 0 aliphatic carbocycles. The molecular formula is C25H29N3O5. The number of hydrogen-bond acceptors (Lipinski definition) is 5. The minimum atomic E-state index is -0.333. The van der Waals surface area contributed by atoms with E-state index in [1.54, 1.807) is 28.0 Å². The Labute approximate surface area is 193 Å². The van der Waals surface area contributed by atoms with Crippen molar-refractivity contribution in [3.8, 4) is 11.5 Å². The summed E-state index contributed by atoms with van der Waals surface area (Å²) < 4.78 is 10.8. The third-order valence-corrected chi connectivity index (χ3v) is 6.24. The summed E-state index contributed by atoms with van der Waals surface area (Å²) >= 11 is 0. The number of nitrogens with one attached hydrogen (secondary N) is 1. The lowest BCUT2D eigenvalue weighted by molar-refractivity contribution is -0.118. The van der Waals surface area contributed by atoms with Crippen LogP contribution >= 0.6 is 0 Å². The fraction of sp³-hybridized carbons (Fsp3) is 0.400. The van der Waals surface area contributed by atoms with Crippen LogP contribution in [0.2, 0.25) is 0 Å². The number of carbonyl (C=O) groups excluding carboxylic acids is 3. The molecule has 0 unspecified atom stereocenters. The van der Waals surface area contributed by atoms with Crippen LogP contribution in [0, 0.1) is 0 Å². The second-order valence-electron chi connectivity index (χ2n) is 8.20. The fourth-order valence-corrected chi connectivity index (χ4v) is 4.44. The SMILES string of the molecule is CCC(=O)N1CCc2cc(C(=O)Nc3cc(OC)c(OC)cc3C(=O)N3CCCC3)ccc21. The molecule has 0 radical (unpaired) electrons. The van der Waals surface area contributed by atoms with Gasteiger partial charge in [-0.2, -0.15) is 0 Å². The van der Waals surface area contributed by atoms with Crippen molar-refractivity contribution < 1.29 is 23.9 Å². The number of carbonyl (C=O) groups is 3. The molecule has 8 heteroatoms. The van der Waals surface area contributed by atoms with Gasteiger partial charge in [-0.1, -0.05) is 6.92 Å². The van der Waals surface area contributed by atoms with E-state index >= 15 is 0 Å². The van der Waals surface area contributed by atoms with Gasteiger partial charge in [0.2, 0.25) is 5.91 Å². The molecule has 174 valence electrons. The predicted octanol–water partition coefficient (Wildman–Crippen LogP) is 3.49. The lowest BCUT2D eigenvalue weighted by Gasteiger charge is -2.20. The number of anilines is 2. The minimum Gasteiger partial charge on any atom is -0.493 e. The van der Waals surface area contributed by atoms with Crippen LogP contribution in [0.1, 0.15) is 52.5 Å². The Kier molecular flexibility index (Phi) is 6.53. The van der Waals surface area contributed by atoms with Gasteiger partial charge in [0.15, 0.2) is 11.5 Å². The minimum absolute atomic E-state index is 0.0707. The number of methoxy groups -OCH3 is 2. The number of fused-ring (bicyclic) bond motifs is 1. The Bertz CT molecular complexity index is 1090. The van der Waals surface area contributed by atoms with E-state index < -0.39 is 0 Å². The molecule has 0 saturated carbocycles. The highest BCUT2D eigenvalue weighted by molar-refractivity contribution is 6.10. The molecule has 2 aromatic rings. The number of amides is 3. The van der Waals surface area contributed by atoms with Gasteiger partial charge < -0.3 is 24.6 Å². The summed E-state index contributed by atoms with van der Waals surface area (Å²) in [5.74, 6) is 0.443. The highest BCUT2D eigenvalue weighted by atomic mass is 16.5. The smallest absolute Gasteiger partial charge is 0.256 e. The van der Waals surface area contributed by atoms with E-state index in [-0.39, 0.29) is 17.7 Å². The molecule has 1 N–H and O–H groups in total. The first kappa shape index (κ1) is 22.6. The molecule has 0 atom stereocenters. The monoisotopic (exact) mass is 451 g/mol. The van der Waals surface area contributed by atoms with Gasteiger partial charge in [0.25, 0.3) is 11.8 Å². The first-order chi connectivity index (χ1) is 16.0. The lowest BCUT2D eigenvalue weighted by atomic mass is 10.1.